The fourth-order valence-corrected chi connectivity index (χ4v) is 2.17. The van der Waals surface area contributed by atoms with Crippen LogP contribution in [-0.2, 0) is 0 Å². The average Bonchev–Trinajstić information content (AvgIpc) is 2.52. The molecular formula is C13H13N3O4S. The Kier molecular flexibility index (Phi) is 5.47. The van der Waals surface area contributed by atoms with Gasteiger partial charge in [0.25, 0.3) is 5.69 Å². The summed E-state index contributed by atoms with van der Waals surface area (Å²) in [5.41, 5.74) is -0.0472. The summed E-state index contributed by atoms with van der Waals surface area (Å²) < 4.78 is 5.34. The maximum Gasteiger partial charge on any atom is 0.273 e. The number of hydrogen-bond donors (Lipinski definition) is 1. The molecule has 2 rings (SSSR count). The number of aliphatic hydroxyl groups excluding tert-OH is 1. The number of nitro groups is 1. The first-order valence-electron chi connectivity index (χ1n) is 6.10. The third-order valence-corrected chi connectivity index (χ3v) is 3.44. The highest BCUT2D eigenvalue weighted by atomic mass is 32.2. The molecule has 0 bridgehead atoms. The number of nitro benzene ring substituents is 1. The van der Waals surface area contributed by atoms with Gasteiger partial charge in [0.05, 0.1) is 17.1 Å². The van der Waals surface area contributed by atoms with Crippen molar-refractivity contribution in [1.29, 1.82) is 0 Å². The van der Waals surface area contributed by atoms with Gasteiger partial charge in [0.1, 0.15) is 12.4 Å². The van der Waals surface area contributed by atoms with E-state index in [9.17, 15) is 15.2 Å². The van der Waals surface area contributed by atoms with Gasteiger partial charge in [0.15, 0.2) is 5.16 Å². The van der Waals surface area contributed by atoms with E-state index in [-0.39, 0.29) is 12.3 Å². The van der Waals surface area contributed by atoms with Gasteiger partial charge < -0.3 is 9.84 Å². The van der Waals surface area contributed by atoms with Gasteiger partial charge >= 0.3 is 0 Å². The van der Waals surface area contributed by atoms with Gasteiger partial charge in [-0.25, -0.2) is 9.97 Å². The number of aromatic nitrogens is 2. The lowest BCUT2D eigenvalue weighted by Crippen LogP contribution is -2.20. The van der Waals surface area contributed by atoms with Gasteiger partial charge in [-0.2, -0.15) is 0 Å². The van der Waals surface area contributed by atoms with E-state index in [2.05, 4.69) is 9.97 Å². The fraction of sp³-hybridized carbons (Fsp3) is 0.231. The first-order valence-corrected chi connectivity index (χ1v) is 7.09. The molecule has 7 nitrogen and oxygen atoms in total. The van der Waals surface area contributed by atoms with Crippen molar-refractivity contribution in [1.82, 2.24) is 9.97 Å². The predicted molar refractivity (Wildman–Crippen MR) is 77.4 cm³/mol. The van der Waals surface area contributed by atoms with Crippen LogP contribution in [-0.4, -0.2) is 38.5 Å². The van der Waals surface area contributed by atoms with E-state index in [1.54, 1.807) is 24.5 Å². The Balaban J connectivity index is 1.80. The lowest BCUT2D eigenvalue weighted by atomic mass is 10.3. The summed E-state index contributed by atoms with van der Waals surface area (Å²) in [6, 6.07) is 7.55. The van der Waals surface area contributed by atoms with Crippen molar-refractivity contribution in [2.75, 3.05) is 12.4 Å². The second-order valence-corrected chi connectivity index (χ2v) is 5.05. The predicted octanol–water partition coefficient (Wildman–Crippen LogP) is 1.92. The van der Waals surface area contributed by atoms with Crippen LogP contribution >= 0.6 is 11.8 Å². The number of rotatable bonds is 7. The molecule has 1 aromatic carbocycles. The second-order valence-electron chi connectivity index (χ2n) is 4.06. The molecule has 1 atom stereocenters. The van der Waals surface area contributed by atoms with Gasteiger partial charge in [0, 0.05) is 24.2 Å². The topological polar surface area (TPSA) is 98.4 Å². The Morgan fingerprint density at radius 2 is 2.10 bits per heavy atom. The Bertz CT molecular complexity index is 597. The smallest absolute Gasteiger partial charge is 0.273 e. The minimum Gasteiger partial charge on any atom is -0.491 e. The highest BCUT2D eigenvalue weighted by molar-refractivity contribution is 7.99. The molecule has 2 aromatic rings. The second kappa shape index (κ2) is 7.55. The van der Waals surface area contributed by atoms with Gasteiger partial charge in [-0.3, -0.25) is 10.1 Å². The van der Waals surface area contributed by atoms with Crippen molar-refractivity contribution in [2.24, 2.45) is 0 Å². The van der Waals surface area contributed by atoms with Crippen molar-refractivity contribution < 1.29 is 14.8 Å². The molecule has 0 aliphatic carbocycles. The third kappa shape index (κ3) is 5.01. The quantitative estimate of drug-likeness (QED) is 0.361. The van der Waals surface area contributed by atoms with Gasteiger partial charge in [-0.15, -0.1) is 0 Å². The highest BCUT2D eigenvalue weighted by Gasteiger charge is 2.10. The normalized spacial score (nSPS) is 11.9. The summed E-state index contributed by atoms with van der Waals surface area (Å²) >= 11 is 1.31. The molecule has 0 saturated heterocycles. The third-order valence-electron chi connectivity index (χ3n) is 2.42. The standard InChI is InChI=1S/C13H13N3O4S/c17-11(9-21-13-14-5-2-6-15-13)8-20-12-4-1-3-10(7-12)16(18)19/h1-7,11,17H,8-9H2/t11-/m0/s1. The number of aliphatic hydroxyl groups is 1. The highest BCUT2D eigenvalue weighted by Crippen LogP contribution is 2.19. The summed E-state index contributed by atoms with van der Waals surface area (Å²) in [5, 5.41) is 21.0. The van der Waals surface area contributed by atoms with Crippen molar-refractivity contribution >= 4 is 17.4 Å². The molecule has 1 N–H and O–H groups in total. The molecule has 1 aromatic heterocycles. The van der Waals surface area contributed by atoms with Crippen LogP contribution in [0, 0.1) is 10.1 Å². The molecule has 0 fully saturated rings. The van der Waals surface area contributed by atoms with Crippen LogP contribution in [0.5, 0.6) is 5.75 Å². The lowest BCUT2D eigenvalue weighted by Gasteiger charge is -2.11. The van der Waals surface area contributed by atoms with E-state index in [0.29, 0.717) is 16.7 Å². The zero-order chi connectivity index (χ0) is 15.1. The number of non-ortho nitro benzene ring substituents is 1. The van der Waals surface area contributed by atoms with Crippen LogP contribution in [0.4, 0.5) is 5.69 Å². The van der Waals surface area contributed by atoms with Crippen molar-refractivity contribution in [3.63, 3.8) is 0 Å². The Labute approximate surface area is 125 Å². The molecule has 0 unspecified atom stereocenters. The number of hydrogen-bond acceptors (Lipinski definition) is 7. The number of benzene rings is 1. The minimum atomic E-state index is -0.724. The molecule has 1 heterocycles. The van der Waals surface area contributed by atoms with E-state index >= 15 is 0 Å². The van der Waals surface area contributed by atoms with E-state index in [0.717, 1.165) is 0 Å². The Hall–Kier alpha value is -2.19. The van der Waals surface area contributed by atoms with Crippen LogP contribution < -0.4 is 4.74 Å². The molecule has 0 radical (unpaired) electrons. The molecular weight excluding hydrogens is 294 g/mol. The van der Waals surface area contributed by atoms with Crippen LogP contribution in [0.3, 0.4) is 0 Å². The number of thioether (sulfide) groups is 1. The van der Waals surface area contributed by atoms with Crippen LogP contribution in [0.15, 0.2) is 47.9 Å². The fourth-order valence-electron chi connectivity index (χ4n) is 1.46. The zero-order valence-corrected chi connectivity index (χ0v) is 11.8. The Morgan fingerprint density at radius 1 is 1.33 bits per heavy atom. The minimum absolute atomic E-state index is 0.0427. The van der Waals surface area contributed by atoms with Crippen LogP contribution in [0.1, 0.15) is 0 Å². The molecule has 21 heavy (non-hydrogen) atoms. The monoisotopic (exact) mass is 307 g/mol. The SMILES string of the molecule is O=[N+]([O-])c1cccc(OC[C@H](O)CSc2ncccn2)c1. The van der Waals surface area contributed by atoms with Gasteiger partial charge in [0.2, 0.25) is 0 Å². The van der Waals surface area contributed by atoms with E-state index in [1.807, 2.05) is 0 Å². The number of ether oxygens (including phenoxy) is 1. The van der Waals surface area contributed by atoms with E-state index < -0.39 is 11.0 Å². The molecule has 8 heteroatoms. The average molecular weight is 307 g/mol. The van der Waals surface area contributed by atoms with Gasteiger partial charge in [-0.1, -0.05) is 17.8 Å². The zero-order valence-electron chi connectivity index (χ0n) is 11.0. The van der Waals surface area contributed by atoms with Crippen molar-refractivity contribution in [2.45, 2.75) is 11.3 Å². The first kappa shape index (κ1) is 15.2. The molecule has 110 valence electrons. The van der Waals surface area contributed by atoms with Gasteiger partial charge in [-0.05, 0) is 12.1 Å². The molecule has 0 aliphatic rings. The summed E-state index contributed by atoms with van der Waals surface area (Å²) in [4.78, 5) is 18.2. The lowest BCUT2D eigenvalue weighted by molar-refractivity contribution is -0.384. The van der Waals surface area contributed by atoms with Crippen molar-refractivity contribution in [3.05, 3.63) is 52.8 Å². The largest absolute Gasteiger partial charge is 0.491 e. The summed E-state index contributed by atoms with van der Waals surface area (Å²) in [6.45, 7) is 0.0427. The van der Waals surface area contributed by atoms with Crippen LogP contribution in [0.25, 0.3) is 0 Å². The van der Waals surface area contributed by atoms with Crippen molar-refractivity contribution in [3.8, 4) is 5.75 Å². The Morgan fingerprint density at radius 3 is 2.81 bits per heavy atom. The maximum absolute atomic E-state index is 10.6. The maximum atomic E-state index is 10.6. The first-order chi connectivity index (χ1) is 10.1. The summed E-state index contributed by atoms with van der Waals surface area (Å²) in [6.07, 6.45) is 2.53. The molecule has 0 aliphatic heterocycles. The molecule has 0 spiro atoms. The number of nitrogens with zero attached hydrogens (tertiary/aromatic N) is 3. The van der Waals surface area contributed by atoms with E-state index in [1.165, 1.54) is 30.0 Å². The van der Waals surface area contributed by atoms with Crippen LogP contribution in [0.2, 0.25) is 0 Å². The summed E-state index contributed by atoms with van der Waals surface area (Å²) in [5.74, 6) is 0.725. The summed E-state index contributed by atoms with van der Waals surface area (Å²) in [7, 11) is 0. The molecule has 0 saturated carbocycles. The van der Waals surface area contributed by atoms with E-state index in [4.69, 9.17) is 4.74 Å². The molecule has 0 amide bonds.